The number of rotatable bonds is 0. The third kappa shape index (κ3) is 36.7. The largest absolute Gasteiger partial charge is 3.00 e. The average molecular weight is 750 g/mol. The quantitative estimate of drug-likeness (QED) is 0.171. The molecule has 0 rings (SSSR count). The summed E-state index contributed by atoms with van der Waals surface area (Å²) < 4.78 is 0. The van der Waals surface area contributed by atoms with Crippen molar-refractivity contribution >= 4 is 0 Å². The summed E-state index contributed by atoms with van der Waals surface area (Å²) in [6.07, 6.45) is 0. The fraction of sp³-hybridized carbons (Fsp3) is 0. The normalized spacial score (nSPS) is 0. The summed E-state index contributed by atoms with van der Waals surface area (Å²) in [5.41, 5.74) is 0. The Labute approximate surface area is 151 Å². The molecule has 52 valence electrons. The van der Waals surface area contributed by atoms with Gasteiger partial charge in [0.05, 0.1) is 0 Å². The molecule has 0 unspecified atom stereocenters. The summed E-state index contributed by atoms with van der Waals surface area (Å²) in [7, 11) is 0. The average Bonchev–Trinajstić information content (AvgIpc) is 0. The van der Waals surface area contributed by atoms with Crippen LogP contribution < -0.4 is 120 Å². The minimum Gasteiger partial charge on any atom is -1.00 e. The van der Waals surface area contributed by atoms with Gasteiger partial charge in [-0.05, 0) is 0 Å². The van der Waals surface area contributed by atoms with Gasteiger partial charge in [0.15, 0.2) is 0 Å². The first-order chi connectivity index (χ1) is 0. The molecule has 0 saturated carbocycles. The molecular weight excluding hydrogens is 750 g/mol. The van der Waals surface area contributed by atoms with E-state index < -0.39 is 0 Å². The van der Waals surface area contributed by atoms with Crippen molar-refractivity contribution in [1.82, 2.24) is 0 Å². The van der Waals surface area contributed by atoms with Gasteiger partial charge in [-0.1, -0.05) is 0 Å². The van der Waals surface area contributed by atoms with E-state index >= 15 is 0 Å². The van der Waals surface area contributed by atoms with Crippen LogP contribution in [-0.4, -0.2) is 0 Å². The molecule has 2 radical (unpaired) electrons. The molecule has 0 heterocycles. The molecule has 0 N–H and O–H groups in total. The van der Waals surface area contributed by atoms with Gasteiger partial charge in [0.1, 0.15) is 0 Å². The number of halogens is 5. The summed E-state index contributed by atoms with van der Waals surface area (Å²) in [5, 5.41) is 0. The first-order valence-electron chi connectivity index (χ1n) is 0. The zero-order valence-electron chi connectivity index (χ0n) is 2.60. The molecule has 0 aliphatic carbocycles. The van der Waals surface area contributed by atoms with E-state index in [1.807, 2.05) is 0 Å². The second-order valence-electron chi connectivity index (χ2n) is 0. The van der Waals surface area contributed by atoms with Gasteiger partial charge in [0.25, 0.3) is 0 Å². The summed E-state index contributed by atoms with van der Waals surface area (Å²) >= 11 is 0. The summed E-state index contributed by atoms with van der Waals surface area (Å²) in [6, 6.07) is 0. The molecular formula is CrCuI5. The summed E-state index contributed by atoms with van der Waals surface area (Å²) in [5.74, 6) is 0. The SMILES string of the molecule is [Cr+3].[Cu+2].[I-].[I-].[I-].[I-].[I-]. The predicted molar refractivity (Wildman–Crippen MR) is 0 cm³/mol. The molecule has 0 aliphatic rings. The van der Waals surface area contributed by atoms with E-state index in [0.29, 0.717) is 0 Å². The van der Waals surface area contributed by atoms with E-state index in [1.54, 1.807) is 0 Å². The van der Waals surface area contributed by atoms with Gasteiger partial charge in [-0.25, -0.2) is 0 Å². The number of hydrogen-bond acceptors (Lipinski definition) is 0. The zero-order valence-corrected chi connectivity index (χ0v) is 15.6. The molecule has 0 aliphatic heterocycles. The molecule has 0 spiro atoms. The molecule has 0 saturated heterocycles. The monoisotopic (exact) mass is 749 g/mol. The van der Waals surface area contributed by atoms with Crippen LogP contribution in [0.4, 0.5) is 0 Å². The molecule has 7 heteroatoms. The molecule has 0 amide bonds. The number of hydrogen-bond donors (Lipinski definition) is 0. The Balaban J connectivity index is 0. The molecule has 0 atom stereocenters. The van der Waals surface area contributed by atoms with Crippen LogP contribution >= 0.6 is 0 Å². The Morgan fingerprint density at radius 3 is 0.429 bits per heavy atom. The Kier molecular flexibility index (Phi) is 395. The van der Waals surface area contributed by atoms with Crippen molar-refractivity contribution in [3.05, 3.63) is 0 Å². The van der Waals surface area contributed by atoms with Gasteiger partial charge in [0, 0.05) is 0 Å². The van der Waals surface area contributed by atoms with E-state index in [4.69, 9.17) is 0 Å². The molecule has 0 aromatic rings. The van der Waals surface area contributed by atoms with Crippen molar-refractivity contribution in [2.45, 2.75) is 0 Å². The first kappa shape index (κ1) is 60.6. The Morgan fingerprint density at radius 2 is 0.429 bits per heavy atom. The molecule has 0 nitrogen and oxygen atoms in total. The van der Waals surface area contributed by atoms with Crippen LogP contribution in [0.5, 0.6) is 0 Å². The van der Waals surface area contributed by atoms with Crippen LogP contribution in [-0.2, 0) is 34.4 Å². The van der Waals surface area contributed by atoms with Crippen molar-refractivity contribution in [3.63, 3.8) is 0 Å². The van der Waals surface area contributed by atoms with Crippen molar-refractivity contribution in [3.8, 4) is 0 Å². The van der Waals surface area contributed by atoms with Gasteiger partial charge in [0.2, 0.25) is 0 Å². The maximum absolute atomic E-state index is 0. The van der Waals surface area contributed by atoms with Crippen LogP contribution in [0.2, 0.25) is 0 Å². The van der Waals surface area contributed by atoms with Crippen LogP contribution in [0.15, 0.2) is 0 Å². The van der Waals surface area contributed by atoms with Crippen molar-refractivity contribution in [1.29, 1.82) is 0 Å². The summed E-state index contributed by atoms with van der Waals surface area (Å²) in [4.78, 5) is 0. The fourth-order valence-electron chi connectivity index (χ4n) is 0. The van der Waals surface area contributed by atoms with E-state index in [-0.39, 0.29) is 154 Å². The smallest absolute Gasteiger partial charge is 1.00 e. The van der Waals surface area contributed by atoms with E-state index in [2.05, 4.69) is 0 Å². The molecule has 0 aromatic heterocycles. The van der Waals surface area contributed by atoms with Gasteiger partial charge in [-0.2, -0.15) is 0 Å². The van der Waals surface area contributed by atoms with E-state index in [0.717, 1.165) is 0 Å². The topological polar surface area (TPSA) is 0 Å². The molecule has 7 heavy (non-hydrogen) atoms. The van der Waals surface area contributed by atoms with E-state index in [9.17, 15) is 0 Å². The zero-order chi connectivity index (χ0) is 0. The minimum atomic E-state index is 0. The minimum absolute atomic E-state index is 0. The van der Waals surface area contributed by atoms with Gasteiger partial charge in [-0.15, -0.1) is 0 Å². The van der Waals surface area contributed by atoms with Gasteiger partial charge < -0.3 is 120 Å². The van der Waals surface area contributed by atoms with Crippen LogP contribution in [0.1, 0.15) is 0 Å². The van der Waals surface area contributed by atoms with Crippen molar-refractivity contribution < 1.29 is 154 Å². The summed E-state index contributed by atoms with van der Waals surface area (Å²) in [6.45, 7) is 0. The maximum atomic E-state index is 0. The second-order valence-corrected chi connectivity index (χ2v) is 0. The standard InChI is InChI=1S/Cr.Cu.5HI/h;;5*1H/q+3;+2;;;;;/p-5. The Hall–Kier alpha value is 4.70. The fourth-order valence-corrected chi connectivity index (χ4v) is 0. The molecule has 0 aromatic carbocycles. The third-order valence-electron chi connectivity index (χ3n) is 0. The molecule has 0 fully saturated rings. The second kappa shape index (κ2) is 45.6. The van der Waals surface area contributed by atoms with Crippen LogP contribution in [0, 0.1) is 0 Å². The Bertz CT molecular complexity index is 8.04. The predicted octanol–water partition coefficient (Wildman–Crippen LogP) is -15.0. The van der Waals surface area contributed by atoms with E-state index in [1.165, 1.54) is 0 Å². The Morgan fingerprint density at radius 1 is 0.429 bits per heavy atom. The molecule has 0 bridgehead atoms. The van der Waals surface area contributed by atoms with Crippen LogP contribution in [0.25, 0.3) is 0 Å². The van der Waals surface area contributed by atoms with Gasteiger partial charge in [-0.3, -0.25) is 0 Å². The maximum Gasteiger partial charge on any atom is 3.00 e. The van der Waals surface area contributed by atoms with Gasteiger partial charge >= 0.3 is 34.4 Å². The van der Waals surface area contributed by atoms with Crippen LogP contribution in [0.3, 0.4) is 0 Å². The van der Waals surface area contributed by atoms with Crippen molar-refractivity contribution in [2.75, 3.05) is 0 Å². The van der Waals surface area contributed by atoms with Crippen molar-refractivity contribution in [2.24, 2.45) is 0 Å². The third-order valence-corrected chi connectivity index (χ3v) is 0. The first-order valence-corrected chi connectivity index (χ1v) is 0.